The summed E-state index contributed by atoms with van der Waals surface area (Å²) in [5.74, 6) is -0.277. The van der Waals surface area contributed by atoms with Crippen molar-refractivity contribution in [2.75, 3.05) is 27.3 Å². The normalized spacial score (nSPS) is 17.8. The summed E-state index contributed by atoms with van der Waals surface area (Å²) < 4.78 is 25.0. The average Bonchev–Trinajstić information content (AvgIpc) is 4.09. The van der Waals surface area contributed by atoms with Crippen LogP contribution in [-0.4, -0.2) is 87.3 Å². The van der Waals surface area contributed by atoms with Gasteiger partial charge in [-0.3, -0.25) is 9.59 Å². The summed E-state index contributed by atoms with van der Waals surface area (Å²) in [5.41, 5.74) is 4.65. The molecule has 3 aromatic carbocycles. The highest BCUT2D eigenvalue weighted by molar-refractivity contribution is 5.96. The summed E-state index contributed by atoms with van der Waals surface area (Å²) in [7, 11) is 2.48. The maximum absolute atomic E-state index is 15.7. The number of aromatic amines is 2. The number of nitrogens with zero attached hydrogens (tertiary/aromatic N) is 5. The molecule has 2 saturated heterocycles. The molecule has 4 amide bonds. The third kappa shape index (κ3) is 8.32. The number of methoxy groups -OCH3 is 2. The van der Waals surface area contributed by atoms with Gasteiger partial charge in [0.1, 0.15) is 23.5 Å². The molecule has 0 bridgehead atoms. The molecule has 294 valence electrons. The van der Waals surface area contributed by atoms with Crippen LogP contribution in [-0.2, 0) is 19.1 Å². The van der Waals surface area contributed by atoms with E-state index < -0.39 is 30.0 Å². The maximum atomic E-state index is 15.7. The Morgan fingerprint density at radius 3 is 2.04 bits per heavy atom. The number of imidazole rings is 2. The number of hydrogen-bond donors (Lipinski definition) is 3. The van der Waals surface area contributed by atoms with E-state index in [1.54, 1.807) is 47.3 Å². The molecule has 2 aliphatic heterocycles. The summed E-state index contributed by atoms with van der Waals surface area (Å²) in [6, 6.07) is 20.3. The first-order chi connectivity index (χ1) is 27.6. The van der Waals surface area contributed by atoms with Gasteiger partial charge in [0.15, 0.2) is 0 Å². The predicted molar refractivity (Wildman–Crippen MR) is 209 cm³/mol. The van der Waals surface area contributed by atoms with Gasteiger partial charge < -0.3 is 34.6 Å². The molecular formula is C42H43FN8O6. The molecule has 0 spiro atoms. The largest absolute Gasteiger partial charge is 0.453 e. The molecule has 0 radical (unpaired) electrons. The Morgan fingerprint density at radius 1 is 0.807 bits per heavy atom. The van der Waals surface area contributed by atoms with Crippen molar-refractivity contribution in [1.29, 1.82) is 0 Å². The zero-order valence-electron chi connectivity index (χ0n) is 31.8. The van der Waals surface area contributed by atoms with Crippen LogP contribution in [0.2, 0.25) is 0 Å². The highest BCUT2D eigenvalue weighted by Crippen LogP contribution is 2.36. The van der Waals surface area contributed by atoms with Gasteiger partial charge in [0.05, 0.1) is 56.0 Å². The molecule has 5 aromatic rings. The number of benzene rings is 3. The molecule has 4 atom stereocenters. The monoisotopic (exact) mass is 774 g/mol. The molecule has 0 saturated carbocycles. The number of aliphatic imine (C=N–C) groups is 1. The van der Waals surface area contributed by atoms with Crippen LogP contribution in [0, 0.1) is 11.7 Å². The molecule has 14 nitrogen and oxygen atoms in total. The lowest BCUT2D eigenvalue weighted by Gasteiger charge is -2.28. The smallest absolute Gasteiger partial charge is 0.432 e. The number of rotatable bonds is 10. The van der Waals surface area contributed by atoms with Gasteiger partial charge in [-0.05, 0) is 67.0 Å². The molecule has 2 fully saturated rings. The van der Waals surface area contributed by atoms with Crippen LogP contribution in [0.1, 0.15) is 67.9 Å². The first kappa shape index (κ1) is 38.6. The number of amides is 4. The van der Waals surface area contributed by atoms with E-state index in [9.17, 15) is 19.2 Å². The first-order valence-corrected chi connectivity index (χ1v) is 18.8. The minimum Gasteiger partial charge on any atom is -0.453 e. The van der Waals surface area contributed by atoms with Crippen molar-refractivity contribution in [1.82, 2.24) is 35.1 Å². The van der Waals surface area contributed by atoms with Crippen molar-refractivity contribution >= 4 is 30.2 Å². The predicted octanol–water partition coefficient (Wildman–Crippen LogP) is 7.17. The van der Waals surface area contributed by atoms with E-state index >= 15 is 4.39 Å². The molecular weight excluding hydrogens is 732 g/mol. The van der Waals surface area contributed by atoms with Gasteiger partial charge in [-0.1, -0.05) is 60.7 Å². The lowest BCUT2D eigenvalue weighted by Crippen LogP contribution is -2.42. The van der Waals surface area contributed by atoms with Crippen molar-refractivity contribution < 1.29 is 33.0 Å². The molecule has 4 heterocycles. The summed E-state index contributed by atoms with van der Waals surface area (Å²) in [6.07, 6.45) is 6.10. The van der Waals surface area contributed by atoms with E-state index in [0.717, 1.165) is 29.7 Å². The Hall–Kier alpha value is -6.64. The van der Waals surface area contributed by atoms with Crippen molar-refractivity contribution in [3.8, 4) is 33.6 Å². The quantitative estimate of drug-likeness (QED) is 0.125. The average molecular weight is 775 g/mol. The number of H-pyrrole nitrogens is 2. The summed E-state index contributed by atoms with van der Waals surface area (Å²) in [4.78, 5) is 73.5. The van der Waals surface area contributed by atoms with Gasteiger partial charge in [0.25, 0.3) is 5.91 Å². The van der Waals surface area contributed by atoms with Gasteiger partial charge in [-0.25, -0.2) is 23.9 Å². The number of carbonyl (C=O) groups is 4. The molecule has 2 aromatic heterocycles. The SMILES string of the molecule is COC(=O)N=CC(C)C(=O)N1CCC[C@H]1c1ncc(-c2ccc(-c3ccc(-c4cnc([C@@H]5CCCN5C(=O)[C@H](NC(=O)OC)c5ccccc5)[nH]4)cc3)cc2F)[nH]1. The molecule has 3 N–H and O–H groups in total. The minimum absolute atomic E-state index is 0.186. The van der Waals surface area contributed by atoms with Crippen LogP contribution < -0.4 is 5.32 Å². The zero-order valence-corrected chi connectivity index (χ0v) is 31.8. The summed E-state index contributed by atoms with van der Waals surface area (Å²) >= 11 is 0. The fourth-order valence-electron chi connectivity index (χ4n) is 7.51. The molecule has 1 unspecified atom stereocenters. The molecule has 0 aliphatic carbocycles. The Bertz CT molecular complexity index is 2270. The van der Waals surface area contributed by atoms with Crippen LogP contribution >= 0.6 is 0 Å². The Balaban J connectivity index is 1.02. The van der Waals surface area contributed by atoms with Crippen molar-refractivity contribution in [2.24, 2.45) is 10.9 Å². The molecule has 57 heavy (non-hydrogen) atoms. The Morgan fingerprint density at radius 2 is 1.40 bits per heavy atom. The molecule has 2 aliphatic rings. The minimum atomic E-state index is -0.908. The number of nitrogens with one attached hydrogen (secondary N) is 3. The third-order valence-corrected chi connectivity index (χ3v) is 10.5. The number of hydrogen-bond acceptors (Lipinski definition) is 8. The van der Waals surface area contributed by atoms with E-state index in [0.29, 0.717) is 60.0 Å². The van der Waals surface area contributed by atoms with E-state index in [2.05, 4.69) is 35.0 Å². The number of carbonyl (C=O) groups excluding carboxylic acids is 4. The lowest BCUT2D eigenvalue weighted by molar-refractivity contribution is -0.135. The number of alkyl carbamates (subject to hydrolysis) is 1. The van der Waals surface area contributed by atoms with E-state index in [1.165, 1.54) is 26.5 Å². The van der Waals surface area contributed by atoms with E-state index in [4.69, 9.17) is 4.74 Å². The standard InChI is InChI=1S/C42H43FN8O6/c1-25(22-46-41(54)56-2)39(52)50-19-7-11-34(50)38-45-24-33(48-38)30-18-17-29(21-31(30)43)26-13-15-27(16-14-26)32-23-44-37(47-32)35-12-8-20-51(35)40(53)36(49-42(55)57-3)28-9-5-4-6-10-28/h4-6,9-10,13-18,21-25,34-36H,7-8,11-12,19-20H2,1-3H3,(H,44,47)(H,45,48)(H,49,55)/t25?,34-,35-,36+/m0/s1. The van der Waals surface area contributed by atoms with Crippen LogP contribution in [0.4, 0.5) is 14.0 Å². The highest BCUT2D eigenvalue weighted by atomic mass is 19.1. The second-order valence-corrected chi connectivity index (χ2v) is 14.0. The number of ether oxygens (including phenoxy) is 2. The second kappa shape index (κ2) is 17.0. The van der Waals surface area contributed by atoms with Crippen molar-refractivity contribution in [3.63, 3.8) is 0 Å². The van der Waals surface area contributed by atoms with Gasteiger partial charge in [0, 0.05) is 24.9 Å². The number of halogens is 1. The summed E-state index contributed by atoms with van der Waals surface area (Å²) in [5, 5.41) is 2.69. The fourth-order valence-corrected chi connectivity index (χ4v) is 7.51. The first-order valence-electron chi connectivity index (χ1n) is 18.8. The molecule has 7 rings (SSSR count). The van der Waals surface area contributed by atoms with Crippen LogP contribution in [0.3, 0.4) is 0 Å². The van der Waals surface area contributed by atoms with Crippen molar-refractivity contribution in [3.05, 3.63) is 108 Å². The maximum Gasteiger partial charge on any atom is 0.432 e. The topological polar surface area (TPSA) is 175 Å². The van der Waals surface area contributed by atoms with E-state index in [-0.39, 0.29) is 23.9 Å². The van der Waals surface area contributed by atoms with Crippen LogP contribution in [0.15, 0.2) is 90.2 Å². The van der Waals surface area contributed by atoms with Crippen molar-refractivity contribution in [2.45, 2.75) is 50.7 Å². The Kier molecular flexibility index (Phi) is 11.5. The van der Waals surface area contributed by atoms with Crippen LogP contribution in [0.25, 0.3) is 33.6 Å². The van der Waals surface area contributed by atoms with E-state index in [1.807, 2.05) is 48.5 Å². The van der Waals surface area contributed by atoms with Gasteiger partial charge >= 0.3 is 12.2 Å². The third-order valence-electron chi connectivity index (χ3n) is 10.5. The number of aromatic nitrogens is 4. The second-order valence-electron chi connectivity index (χ2n) is 14.0. The van der Waals surface area contributed by atoms with Gasteiger partial charge in [-0.2, -0.15) is 4.99 Å². The Labute approximate surface area is 328 Å². The number of likely N-dealkylation sites (tertiary alicyclic amines) is 2. The highest BCUT2D eigenvalue weighted by Gasteiger charge is 2.37. The zero-order chi connectivity index (χ0) is 40.1. The van der Waals surface area contributed by atoms with Gasteiger partial charge in [-0.15, -0.1) is 0 Å². The lowest BCUT2D eigenvalue weighted by atomic mass is 10.0. The summed E-state index contributed by atoms with van der Waals surface area (Å²) in [6.45, 7) is 2.72. The van der Waals surface area contributed by atoms with Crippen LogP contribution in [0.5, 0.6) is 0 Å². The van der Waals surface area contributed by atoms with Gasteiger partial charge in [0.2, 0.25) is 5.91 Å². The fraction of sp³-hybridized carbons (Fsp3) is 0.310. The molecule has 15 heteroatoms.